The molecule has 0 fully saturated rings. The number of hydrogen-bond acceptors (Lipinski definition) is 8. The normalized spacial score (nSPS) is 11.7. The highest BCUT2D eigenvalue weighted by Gasteiger charge is 2.24. The Morgan fingerprint density at radius 2 is 2.14 bits per heavy atom. The summed E-state index contributed by atoms with van der Waals surface area (Å²) < 4.78 is 28.8. The van der Waals surface area contributed by atoms with Crippen LogP contribution in [0.1, 0.15) is 9.67 Å². The van der Waals surface area contributed by atoms with Gasteiger partial charge in [-0.3, -0.25) is 0 Å². The van der Waals surface area contributed by atoms with Crippen LogP contribution in [-0.4, -0.2) is 37.7 Å². The van der Waals surface area contributed by atoms with Gasteiger partial charge in [0.15, 0.2) is 0 Å². The van der Waals surface area contributed by atoms with Gasteiger partial charge in [-0.2, -0.15) is 0 Å². The van der Waals surface area contributed by atoms with Crippen LogP contribution in [0.15, 0.2) is 28.9 Å². The number of esters is 1. The van der Waals surface area contributed by atoms with Crippen LogP contribution in [0.4, 0.5) is 0 Å². The average Bonchev–Trinajstić information content (AvgIpc) is 3.11. The van der Waals surface area contributed by atoms with Gasteiger partial charge in [-0.1, -0.05) is 6.07 Å². The van der Waals surface area contributed by atoms with Crippen molar-refractivity contribution in [2.24, 2.45) is 0 Å². The molecule has 0 aliphatic rings. The lowest BCUT2D eigenvalue weighted by molar-refractivity contribution is 0.0607. The zero-order valence-corrected chi connectivity index (χ0v) is 14.0. The Balaban J connectivity index is 2.38. The van der Waals surface area contributed by atoms with E-state index in [1.807, 2.05) is 17.5 Å². The van der Waals surface area contributed by atoms with Gasteiger partial charge < -0.3 is 4.74 Å². The zero-order valence-electron chi connectivity index (χ0n) is 11.6. The largest absolute Gasteiger partial charge is 0.465 e. The van der Waals surface area contributed by atoms with E-state index in [9.17, 15) is 13.2 Å². The van der Waals surface area contributed by atoms with Crippen molar-refractivity contribution < 1.29 is 17.9 Å². The maximum Gasteiger partial charge on any atom is 0.348 e. The van der Waals surface area contributed by atoms with Crippen LogP contribution in [-0.2, 0) is 14.6 Å². The number of rotatable bonds is 3. The van der Waals surface area contributed by atoms with Crippen LogP contribution in [0.2, 0.25) is 0 Å². The first-order valence-electron chi connectivity index (χ1n) is 6.03. The fourth-order valence-corrected chi connectivity index (χ4v) is 4.33. The molecule has 0 aromatic carbocycles. The minimum Gasteiger partial charge on any atom is -0.465 e. The third-order valence-electron chi connectivity index (χ3n) is 2.88. The fraction of sp³-hybridized carbons (Fsp3) is 0.154. The first-order chi connectivity index (χ1) is 10.4. The molecular weight excluding hydrogens is 344 g/mol. The Labute approximate surface area is 134 Å². The molecule has 0 saturated heterocycles. The number of methoxy groups -OCH3 is 1. The van der Waals surface area contributed by atoms with E-state index >= 15 is 0 Å². The van der Waals surface area contributed by atoms with E-state index in [1.54, 1.807) is 0 Å². The summed E-state index contributed by atoms with van der Waals surface area (Å²) in [6.07, 6.45) is 2.47. The van der Waals surface area contributed by atoms with Gasteiger partial charge in [0.05, 0.1) is 17.3 Å². The van der Waals surface area contributed by atoms with Crippen LogP contribution in [0.3, 0.4) is 0 Å². The number of ether oxygens (including phenoxy) is 1. The number of carbonyl (C=O) groups is 1. The zero-order chi connectivity index (χ0) is 15.9. The standard InChI is InChI=1S/C13H10N2O4S3/c1-19-12(16)11-9(7-4-3-5-20-7)10-8(21-11)6-14-13(15-10)22(2,17)18/h3-6H,1-2H3. The van der Waals surface area contributed by atoms with Crippen molar-refractivity contribution in [1.82, 2.24) is 9.97 Å². The monoisotopic (exact) mass is 354 g/mol. The van der Waals surface area contributed by atoms with Gasteiger partial charge in [0.2, 0.25) is 15.0 Å². The lowest BCUT2D eigenvalue weighted by atomic mass is 10.2. The third-order valence-corrected chi connectivity index (χ3v) is 5.72. The summed E-state index contributed by atoms with van der Waals surface area (Å²) in [6.45, 7) is 0. The van der Waals surface area contributed by atoms with Crippen molar-refractivity contribution in [3.8, 4) is 10.4 Å². The number of carbonyl (C=O) groups excluding carboxylic acids is 1. The maximum absolute atomic E-state index is 12.0. The van der Waals surface area contributed by atoms with Crippen molar-refractivity contribution in [2.45, 2.75) is 5.16 Å². The molecule has 22 heavy (non-hydrogen) atoms. The minimum absolute atomic E-state index is 0.257. The van der Waals surface area contributed by atoms with Gasteiger partial charge in [0.1, 0.15) is 4.88 Å². The molecule has 0 saturated carbocycles. The maximum atomic E-state index is 12.0. The SMILES string of the molecule is COC(=O)c1sc2cnc(S(C)(=O)=O)nc2c1-c1cccs1. The van der Waals surface area contributed by atoms with Crippen molar-refractivity contribution >= 4 is 48.7 Å². The molecule has 0 N–H and O–H groups in total. The Morgan fingerprint density at radius 3 is 2.73 bits per heavy atom. The Hall–Kier alpha value is -1.84. The number of aromatic nitrogens is 2. The van der Waals surface area contributed by atoms with E-state index in [1.165, 1.54) is 36.0 Å². The number of hydrogen-bond donors (Lipinski definition) is 0. The molecule has 0 atom stereocenters. The van der Waals surface area contributed by atoms with Gasteiger partial charge in [-0.05, 0) is 11.4 Å². The highest BCUT2D eigenvalue weighted by Crippen LogP contribution is 2.40. The molecule has 0 aliphatic heterocycles. The van der Waals surface area contributed by atoms with E-state index in [0.717, 1.165) is 11.1 Å². The van der Waals surface area contributed by atoms with Crippen molar-refractivity contribution in [3.63, 3.8) is 0 Å². The summed E-state index contributed by atoms with van der Waals surface area (Å²) >= 11 is 2.63. The van der Waals surface area contributed by atoms with E-state index in [2.05, 4.69) is 9.97 Å². The Kier molecular flexibility index (Phi) is 3.71. The number of fused-ring (bicyclic) bond motifs is 1. The van der Waals surface area contributed by atoms with Gasteiger partial charge in [-0.25, -0.2) is 23.2 Å². The van der Waals surface area contributed by atoms with Crippen LogP contribution in [0.5, 0.6) is 0 Å². The molecular formula is C13H10N2O4S3. The molecule has 0 aliphatic carbocycles. The molecule has 6 nitrogen and oxygen atoms in total. The molecule has 0 spiro atoms. The summed E-state index contributed by atoms with van der Waals surface area (Å²) in [7, 11) is -2.22. The number of thiophene rings is 2. The van der Waals surface area contributed by atoms with E-state index in [-0.39, 0.29) is 5.16 Å². The fourth-order valence-electron chi connectivity index (χ4n) is 1.94. The van der Waals surface area contributed by atoms with Gasteiger partial charge >= 0.3 is 5.97 Å². The van der Waals surface area contributed by atoms with Crippen LogP contribution < -0.4 is 0 Å². The van der Waals surface area contributed by atoms with Gasteiger partial charge in [0.25, 0.3) is 0 Å². The summed E-state index contributed by atoms with van der Waals surface area (Å²) in [4.78, 5) is 21.2. The van der Waals surface area contributed by atoms with Crippen LogP contribution in [0, 0.1) is 0 Å². The molecule has 3 aromatic rings. The lowest BCUT2D eigenvalue weighted by Crippen LogP contribution is -2.03. The second kappa shape index (κ2) is 5.41. The topological polar surface area (TPSA) is 86.2 Å². The highest BCUT2D eigenvalue weighted by molar-refractivity contribution is 7.90. The molecule has 0 bridgehead atoms. The molecule has 114 valence electrons. The van der Waals surface area contributed by atoms with Crippen LogP contribution in [0.25, 0.3) is 20.7 Å². The summed E-state index contributed by atoms with van der Waals surface area (Å²) in [5, 5.41) is 1.62. The van der Waals surface area contributed by atoms with Gasteiger partial charge in [0, 0.05) is 22.9 Å². The number of nitrogens with zero attached hydrogens (tertiary/aromatic N) is 2. The Morgan fingerprint density at radius 1 is 1.36 bits per heavy atom. The average molecular weight is 354 g/mol. The quantitative estimate of drug-likeness (QED) is 0.531. The molecule has 3 heterocycles. The second-order valence-electron chi connectivity index (χ2n) is 4.41. The molecule has 0 amide bonds. The molecule has 0 unspecified atom stereocenters. The molecule has 3 rings (SSSR count). The first-order valence-corrected chi connectivity index (χ1v) is 9.62. The second-order valence-corrected chi connectivity index (χ2v) is 8.32. The Bertz CT molecular complexity index is 959. The van der Waals surface area contributed by atoms with E-state index in [0.29, 0.717) is 20.7 Å². The molecule has 0 radical (unpaired) electrons. The lowest BCUT2D eigenvalue weighted by Gasteiger charge is -2.01. The van der Waals surface area contributed by atoms with Crippen LogP contribution >= 0.6 is 22.7 Å². The van der Waals surface area contributed by atoms with Gasteiger partial charge in [-0.15, -0.1) is 22.7 Å². The van der Waals surface area contributed by atoms with Crippen molar-refractivity contribution in [3.05, 3.63) is 28.6 Å². The molecule has 3 aromatic heterocycles. The molecule has 9 heteroatoms. The summed E-state index contributed by atoms with van der Waals surface area (Å²) in [6, 6.07) is 3.70. The van der Waals surface area contributed by atoms with Crippen molar-refractivity contribution in [1.29, 1.82) is 0 Å². The van der Waals surface area contributed by atoms with Crippen molar-refractivity contribution in [2.75, 3.05) is 13.4 Å². The van der Waals surface area contributed by atoms with E-state index < -0.39 is 15.8 Å². The first kappa shape index (κ1) is 15.1. The minimum atomic E-state index is -3.53. The third kappa shape index (κ3) is 2.51. The van der Waals surface area contributed by atoms with E-state index in [4.69, 9.17) is 4.74 Å². The predicted molar refractivity (Wildman–Crippen MR) is 85.2 cm³/mol. The smallest absolute Gasteiger partial charge is 0.348 e. The predicted octanol–water partition coefficient (Wildman–Crippen LogP) is 2.61. The summed E-state index contributed by atoms with van der Waals surface area (Å²) in [5.74, 6) is -0.479. The summed E-state index contributed by atoms with van der Waals surface area (Å²) in [5.41, 5.74) is 1.04. The highest BCUT2D eigenvalue weighted by atomic mass is 32.2. The number of sulfone groups is 1.